The van der Waals surface area contributed by atoms with Crippen molar-refractivity contribution in [2.24, 2.45) is 0 Å². The van der Waals surface area contributed by atoms with Crippen molar-refractivity contribution in [2.45, 2.75) is 97.7 Å². The number of hydrogen-bond acceptors (Lipinski definition) is 3. The monoisotopic (exact) mass is 650 g/mol. The number of ether oxygens (including phenoxy) is 1. The molecule has 2 rings (SSSR count). The molecule has 0 radical (unpaired) electrons. The maximum atomic E-state index is 12.4. The van der Waals surface area contributed by atoms with E-state index in [-0.39, 0.29) is 30.5 Å². The average Bonchev–Trinajstić information content (AvgIpc) is 2.83. The molecule has 0 fully saturated rings. The van der Waals surface area contributed by atoms with Gasteiger partial charge in [-0.25, -0.2) is 13.0 Å². The van der Waals surface area contributed by atoms with E-state index in [1.807, 2.05) is 47.3 Å². The van der Waals surface area contributed by atoms with Crippen molar-refractivity contribution in [1.82, 2.24) is 4.31 Å². The zero-order valence-electron chi connectivity index (χ0n) is 22.2. The number of nitrogens with zero attached hydrogens (tertiary/aromatic N) is 2. The summed E-state index contributed by atoms with van der Waals surface area (Å²) in [6.07, 6.45) is 18.1. The topological polar surface area (TPSA) is 50.5 Å². The molecule has 1 heterocycles. The molecule has 1 aromatic carbocycles. The van der Waals surface area contributed by atoms with Crippen LogP contribution in [0.15, 0.2) is 42.7 Å². The van der Waals surface area contributed by atoms with Crippen LogP contribution in [-0.4, -0.2) is 25.6 Å². The molecule has 0 atom stereocenters. The van der Waals surface area contributed by atoms with Crippen LogP contribution >= 0.6 is 11.6 Å². The molecule has 0 bridgehead atoms. The lowest BCUT2D eigenvalue weighted by Crippen LogP contribution is -3.00. The first kappa shape index (κ1) is 33.1. The minimum absolute atomic E-state index is 0. The Kier molecular flexibility index (Phi) is 16.9. The summed E-state index contributed by atoms with van der Waals surface area (Å²) in [5, 5.41) is 0.520. The molecular weight excluding hydrogens is 607 g/mol. The average molecular weight is 651 g/mol. The van der Waals surface area contributed by atoms with Crippen LogP contribution in [0.5, 0.6) is 5.75 Å². The van der Waals surface area contributed by atoms with Crippen LogP contribution in [0.25, 0.3) is 0 Å². The first-order valence-electron chi connectivity index (χ1n) is 13.2. The maximum absolute atomic E-state index is 12.4. The summed E-state index contributed by atoms with van der Waals surface area (Å²) in [4.78, 5) is 0. The number of aryl methyl sites for hydroxylation is 1. The second kappa shape index (κ2) is 18.4. The fourth-order valence-corrected chi connectivity index (χ4v) is 5.12. The lowest BCUT2D eigenvalue weighted by Gasteiger charge is -2.20. The molecule has 204 valence electrons. The maximum Gasteiger partial charge on any atom is 0.211 e. The van der Waals surface area contributed by atoms with Crippen LogP contribution in [-0.2, 0) is 29.7 Å². The largest absolute Gasteiger partial charge is 1.00 e. The van der Waals surface area contributed by atoms with E-state index in [1.54, 1.807) is 0 Å². The van der Waals surface area contributed by atoms with E-state index in [4.69, 9.17) is 16.3 Å². The zero-order chi connectivity index (χ0) is 25.5. The number of sulfonamides is 1. The molecular formula is C28H44ClIN2O3S. The van der Waals surface area contributed by atoms with E-state index in [1.165, 1.54) is 68.3 Å². The Bertz CT molecular complexity index is 989. The van der Waals surface area contributed by atoms with E-state index in [0.717, 1.165) is 24.1 Å². The minimum atomic E-state index is -3.39. The van der Waals surface area contributed by atoms with Crippen LogP contribution in [0.3, 0.4) is 0 Å². The van der Waals surface area contributed by atoms with Gasteiger partial charge in [-0.1, -0.05) is 82.4 Å². The van der Waals surface area contributed by atoms with Crippen LogP contribution in [0, 0.1) is 0 Å². The van der Waals surface area contributed by atoms with Crippen LogP contribution in [0.4, 0.5) is 0 Å². The predicted octanol–water partition coefficient (Wildman–Crippen LogP) is 3.91. The quantitative estimate of drug-likeness (QED) is 0.140. The highest BCUT2D eigenvalue weighted by atomic mass is 127. The van der Waals surface area contributed by atoms with E-state index in [9.17, 15) is 8.42 Å². The van der Waals surface area contributed by atoms with Gasteiger partial charge in [-0.15, -0.1) is 0 Å². The summed E-state index contributed by atoms with van der Waals surface area (Å²) in [5.41, 5.74) is 1.79. The molecule has 0 saturated carbocycles. The molecule has 0 aliphatic carbocycles. The molecule has 0 N–H and O–H groups in total. The number of unbranched alkanes of at least 4 members (excludes halogenated alkanes) is 9. The van der Waals surface area contributed by atoms with Crippen molar-refractivity contribution in [3.05, 3.63) is 58.9 Å². The Hall–Kier alpha value is -0.900. The highest BCUT2D eigenvalue weighted by Crippen LogP contribution is 2.27. The van der Waals surface area contributed by atoms with Crippen molar-refractivity contribution in [2.75, 3.05) is 12.9 Å². The van der Waals surface area contributed by atoms with E-state index >= 15 is 0 Å². The Morgan fingerprint density at radius 1 is 0.889 bits per heavy atom. The van der Waals surface area contributed by atoms with Gasteiger partial charge in [-0.3, -0.25) is 0 Å². The molecule has 0 aliphatic rings. The molecule has 0 spiro atoms. The lowest BCUT2D eigenvalue weighted by molar-refractivity contribution is -0.694. The van der Waals surface area contributed by atoms with Gasteiger partial charge in [0.25, 0.3) is 0 Å². The van der Waals surface area contributed by atoms with Gasteiger partial charge in [-0.2, -0.15) is 4.31 Å². The second-order valence-corrected chi connectivity index (χ2v) is 11.8. The van der Waals surface area contributed by atoms with Gasteiger partial charge < -0.3 is 28.7 Å². The van der Waals surface area contributed by atoms with Crippen molar-refractivity contribution < 1.29 is 41.7 Å². The summed E-state index contributed by atoms with van der Waals surface area (Å²) >= 11 is 6.46. The summed E-state index contributed by atoms with van der Waals surface area (Å²) < 4.78 is 34.3. The molecule has 1 aromatic heterocycles. The fourth-order valence-electron chi connectivity index (χ4n) is 4.10. The van der Waals surface area contributed by atoms with Gasteiger partial charge in [0, 0.05) is 24.7 Å². The number of aromatic nitrogens is 1. The Balaban J connectivity index is 0.00000648. The number of halogens is 2. The van der Waals surface area contributed by atoms with Crippen molar-refractivity contribution in [3.63, 3.8) is 0 Å². The van der Waals surface area contributed by atoms with Gasteiger partial charge >= 0.3 is 0 Å². The Labute approximate surface area is 241 Å². The molecule has 0 aliphatic heterocycles. The van der Waals surface area contributed by atoms with Crippen molar-refractivity contribution >= 4 is 21.6 Å². The highest BCUT2D eigenvalue weighted by molar-refractivity contribution is 7.88. The van der Waals surface area contributed by atoms with E-state index in [0.29, 0.717) is 23.9 Å². The number of pyridine rings is 1. The number of benzene rings is 1. The van der Waals surface area contributed by atoms with Gasteiger partial charge in [0.2, 0.25) is 10.0 Å². The third kappa shape index (κ3) is 13.1. The Morgan fingerprint density at radius 3 is 2.08 bits per heavy atom. The normalized spacial score (nSPS) is 11.5. The first-order chi connectivity index (χ1) is 16.8. The van der Waals surface area contributed by atoms with Gasteiger partial charge in [0.1, 0.15) is 12.3 Å². The summed E-state index contributed by atoms with van der Waals surface area (Å²) in [5.74, 6) is 0.657. The predicted molar refractivity (Wildman–Crippen MR) is 145 cm³/mol. The molecule has 0 unspecified atom stereocenters. The van der Waals surface area contributed by atoms with Gasteiger partial charge in [0.05, 0.1) is 17.9 Å². The van der Waals surface area contributed by atoms with Crippen LogP contribution in [0.1, 0.15) is 89.2 Å². The minimum Gasteiger partial charge on any atom is -1.00 e. The van der Waals surface area contributed by atoms with Gasteiger partial charge in [0.15, 0.2) is 12.4 Å². The summed E-state index contributed by atoms with van der Waals surface area (Å²) in [6, 6.07) is 9.45. The third-order valence-corrected chi connectivity index (χ3v) is 7.71. The molecule has 36 heavy (non-hydrogen) atoms. The van der Waals surface area contributed by atoms with Crippen molar-refractivity contribution in [1.29, 1.82) is 0 Å². The highest BCUT2D eigenvalue weighted by Gasteiger charge is 2.19. The Morgan fingerprint density at radius 2 is 1.50 bits per heavy atom. The van der Waals surface area contributed by atoms with Gasteiger partial charge in [-0.05, 0) is 37.1 Å². The second-order valence-electron chi connectivity index (χ2n) is 9.37. The molecule has 5 nitrogen and oxygen atoms in total. The molecule has 8 heteroatoms. The molecule has 2 aromatic rings. The van der Waals surface area contributed by atoms with E-state index in [2.05, 4.69) is 13.8 Å². The van der Waals surface area contributed by atoms with E-state index < -0.39 is 10.0 Å². The first-order valence-corrected chi connectivity index (χ1v) is 15.4. The number of rotatable bonds is 18. The zero-order valence-corrected chi connectivity index (χ0v) is 26.0. The van der Waals surface area contributed by atoms with Crippen LogP contribution < -0.4 is 33.3 Å². The SMILES string of the molecule is CCCCCCCCCCCCOc1ccc(CN(Cc2ccc[n+](CC)c2)S(C)(=O)=O)cc1Cl.[I-]. The smallest absolute Gasteiger partial charge is 0.211 e. The molecule has 0 saturated heterocycles. The third-order valence-electron chi connectivity index (χ3n) is 6.22. The number of hydrogen-bond donors (Lipinski definition) is 0. The van der Waals surface area contributed by atoms with Crippen LogP contribution in [0.2, 0.25) is 5.02 Å². The summed E-state index contributed by atoms with van der Waals surface area (Å²) in [7, 11) is -3.39. The standard InChI is InChI=1S/C28H44ClN2O3S.HI/c1-4-6-7-8-9-10-11-12-13-14-20-34-28-18-17-25(21-27(28)29)23-31(35(3,32)33)24-26-16-15-19-30(5-2)22-26;/h15-19,21-22H,4-14,20,23-24H2,1-3H3;1H/q+1;/p-1. The van der Waals surface area contributed by atoms with Crippen molar-refractivity contribution in [3.8, 4) is 5.75 Å². The lowest BCUT2D eigenvalue weighted by atomic mass is 10.1. The fraction of sp³-hybridized carbons (Fsp3) is 0.607. The summed E-state index contributed by atoms with van der Waals surface area (Å²) in [6.45, 7) is 6.37. The molecule has 0 amide bonds.